The first-order valence-corrected chi connectivity index (χ1v) is 10.5. The number of carbonyl (C=O) groups excluding carboxylic acids is 1. The van der Waals surface area contributed by atoms with Crippen LogP contribution in [0.2, 0.25) is 18.1 Å². The number of hydrogen-bond acceptors (Lipinski definition) is 3. The number of benzene rings is 1. The molecule has 1 heterocycles. The number of aliphatic carboxylic acids is 1. The quantitative estimate of drug-likeness (QED) is 0.836. The molecule has 0 spiro atoms. The van der Waals surface area contributed by atoms with Crippen molar-refractivity contribution in [2.45, 2.75) is 51.9 Å². The molecule has 0 aromatic heterocycles. The highest BCUT2D eigenvalue weighted by atomic mass is 28.4. The molecule has 1 aromatic rings. The molecule has 1 aliphatic heterocycles. The second kappa shape index (κ2) is 6.01. The average molecular weight is 333 g/mol. The van der Waals surface area contributed by atoms with E-state index in [1.807, 2.05) is 12.1 Å². The van der Waals surface area contributed by atoms with Crippen molar-refractivity contribution < 1.29 is 19.1 Å². The van der Waals surface area contributed by atoms with E-state index in [4.69, 9.17) is 9.53 Å². The highest BCUT2D eigenvalue weighted by Crippen LogP contribution is 2.36. The Labute approximate surface area is 136 Å². The lowest BCUT2D eigenvalue weighted by Crippen LogP contribution is -2.41. The highest BCUT2D eigenvalue weighted by Gasteiger charge is 2.37. The molecule has 1 aromatic carbocycles. The first kappa shape index (κ1) is 17.6. The maximum atomic E-state index is 12.0. The molecule has 1 aliphatic rings. The topological polar surface area (TPSA) is 76.0 Å². The van der Waals surface area contributed by atoms with E-state index in [0.717, 1.165) is 5.56 Å². The van der Waals surface area contributed by atoms with Gasteiger partial charge in [0.15, 0.2) is 8.32 Å². The molecule has 124 valence electrons. The molecule has 0 aliphatic carbocycles. The standard InChI is InChI=1S/C17H23NO4Si/c1-17(2,3)23(4,5)22-10-11-7-6-8-13-15(11)12(9-14(19)20)16(21)18-13/h6-8H,9-10H2,1-5H3,(H,19,20). The zero-order valence-corrected chi connectivity index (χ0v) is 15.3. The molecule has 5 nitrogen and oxygen atoms in total. The van der Waals surface area contributed by atoms with Gasteiger partial charge >= 0.3 is 5.97 Å². The molecule has 0 atom stereocenters. The smallest absolute Gasteiger partial charge is 0.308 e. The molecular formula is C17H23NO4Si. The van der Waals surface area contributed by atoms with E-state index in [1.54, 1.807) is 6.07 Å². The van der Waals surface area contributed by atoms with Gasteiger partial charge in [0.1, 0.15) is 0 Å². The number of amides is 1. The van der Waals surface area contributed by atoms with Gasteiger partial charge in [0.2, 0.25) is 0 Å². The van der Waals surface area contributed by atoms with Crippen LogP contribution in [-0.2, 0) is 20.6 Å². The number of carboxylic acids is 1. The van der Waals surface area contributed by atoms with Crippen LogP contribution in [0.25, 0.3) is 5.57 Å². The number of carboxylic acid groups (broad SMARTS) is 1. The fourth-order valence-electron chi connectivity index (χ4n) is 2.22. The van der Waals surface area contributed by atoms with Crippen LogP contribution >= 0.6 is 0 Å². The van der Waals surface area contributed by atoms with E-state index in [-0.39, 0.29) is 17.0 Å². The summed E-state index contributed by atoms with van der Waals surface area (Å²) in [6.45, 7) is 11.2. The summed E-state index contributed by atoms with van der Waals surface area (Å²) in [7, 11) is -1.93. The molecular weight excluding hydrogens is 310 g/mol. The van der Waals surface area contributed by atoms with Crippen LogP contribution in [0.1, 0.15) is 32.8 Å². The Kier molecular flexibility index (Phi) is 4.59. The fraction of sp³-hybridized carbons (Fsp3) is 0.471. The number of carbonyl (C=O) groups is 2. The molecule has 0 fully saturated rings. The number of rotatable bonds is 5. The molecule has 0 unspecified atom stereocenters. The van der Waals surface area contributed by atoms with Gasteiger partial charge in [-0.1, -0.05) is 32.9 Å². The Hall–Kier alpha value is -1.79. The van der Waals surface area contributed by atoms with Crippen molar-refractivity contribution in [1.29, 1.82) is 0 Å². The lowest BCUT2D eigenvalue weighted by molar-refractivity contribution is -0.136. The van der Waals surface area contributed by atoms with Gasteiger partial charge in [-0.15, -0.1) is 0 Å². The number of hydrogen-bond donors (Lipinski definition) is 1. The maximum absolute atomic E-state index is 12.0. The third kappa shape index (κ3) is 3.59. The van der Waals surface area contributed by atoms with Crippen LogP contribution in [-0.4, -0.2) is 25.3 Å². The van der Waals surface area contributed by atoms with Gasteiger partial charge in [-0.25, -0.2) is 4.99 Å². The SMILES string of the molecule is CC(C)(C)[Si](C)(C)OCc1cccc2c1=C(CC(=O)O)C(=O)N=2. The first-order valence-electron chi connectivity index (χ1n) is 7.63. The summed E-state index contributed by atoms with van der Waals surface area (Å²) < 4.78 is 6.22. The zero-order chi connectivity index (χ0) is 17.4. The van der Waals surface area contributed by atoms with Crippen LogP contribution in [0.4, 0.5) is 0 Å². The highest BCUT2D eigenvalue weighted by molar-refractivity contribution is 6.74. The minimum atomic E-state index is -1.93. The third-order valence-electron chi connectivity index (χ3n) is 4.63. The van der Waals surface area contributed by atoms with Crippen LogP contribution < -0.4 is 10.6 Å². The van der Waals surface area contributed by atoms with E-state index in [1.165, 1.54) is 0 Å². The van der Waals surface area contributed by atoms with Gasteiger partial charge in [0, 0.05) is 10.8 Å². The van der Waals surface area contributed by atoms with E-state index < -0.39 is 20.2 Å². The summed E-state index contributed by atoms with van der Waals surface area (Å²) in [4.78, 5) is 27.0. The molecule has 0 saturated carbocycles. The van der Waals surface area contributed by atoms with Crippen molar-refractivity contribution in [3.63, 3.8) is 0 Å². The van der Waals surface area contributed by atoms with Crippen LogP contribution in [0.15, 0.2) is 23.2 Å². The van der Waals surface area contributed by atoms with Gasteiger partial charge in [0.25, 0.3) is 5.91 Å². The number of nitrogens with zero attached hydrogens (tertiary/aromatic N) is 1. The van der Waals surface area contributed by atoms with E-state index in [0.29, 0.717) is 17.2 Å². The molecule has 6 heteroatoms. The maximum Gasteiger partial charge on any atom is 0.308 e. The molecule has 0 radical (unpaired) electrons. The second-order valence-electron chi connectivity index (χ2n) is 7.33. The van der Waals surface area contributed by atoms with Gasteiger partial charge in [-0.05, 0) is 29.8 Å². The summed E-state index contributed by atoms with van der Waals surface area (Å²) in [5.74, 6) is -1.49. The predicted molar refractivity (Wildman–Crippen MR) is 89.9 cm³/mol. The average Bonchev–Trinajstić information content (AvgIpc) is 2.71. The second-order valence-corrected chi connectivity index (χ2v) is 12.1. The van der Waals surface area contributed by atoms with Crippen molar-refractivity contribution in [3.05, 3.63) is 34.3 Å². The van der Waals surface area contributed by atoms with Crippen molar-refractivity contribution in [2.75, 3.05) is 0 Å². The molecule has 2 rings (SSSR count). The third-order valence-corrected chi connectivity index (χ3v) is 9.11. The van der Waals surface area contributed by atoms with Crippen LogP contribution in [0, 0.1) is 0 Å². The molecule has 1 N–H and O–H groups in total. The lowest BCUT2D eigenvalue weighted by atomic mass is 10.1. The summed E-state index contributed by atoms with van der Waals surface area (Å²) in [5.41, 5.74) is 1.08. The van der Waals surface area contributed by atoms with Crippen LogP contribution in [0.3, 0.4) is 0 Å². The van der Waals surface area contributed by atoms with E-state index in [9.17, 15) is 9.59 Å². The largest absolute Gasteiger partial charge is 0.481 e. The molecule has 0 bridgehead atoms. The van der Waals surface area contributed by atoms with Crippen molar-refractivity contribution in [3.8, 4) is 0 Å². The van der Waals surface area contributed by atoms with E-state index >= 15 is 0 Å². The van der Waals surface area contributed by atoms with Crippen molar-refractivity contribution >= 4 is 25.8 Å². The zero-order valence-electron chi connectivity index (χ0n) is 14.3. The summed E-state index contributed by atoms with van der Waals surface area (Å²) >= 11 is 0. The lowest BCUT2D eigenvalue weighted by Gasteiger charge is -2.36. The monoisotopic (exact) mass is 333 g/mol. The minimum Gasteiger partial charge on any atom is -0.481 e. The molecule has 0 saturated heterocycles. The molecule has 23 heavy (non-hydrogen) atoms. The van der Waals surface area contributed by atoms with Crippen LogP contribution in [0.5, 0.6) is 0 Å². The fourth-order valence-corrected chi connectivity index (χ4v) is 3.17. The first-order chi connectivity index (χ1) is 10.5. The summed E-state index contributed by atoms with van der Waals surface area (Å²) in [6, 6.07) is 5.43. The molecule has 1 amide bonds. The van der Waals surface area contributed by atoms with Crippen molar-refractivity contribution in [1.82, 2.24) is 0 Å². The van der Waals surface area contributed by atoms with Gasteiger partial charge < -0.3 is 9.53 Å². The summed E-state index contributed by atoms with van der Waals surface area (Å²) in [6.07, 6.45) is -0.313. The normalized spacial score (nSPS) is 14.7. The minimum absolute atomic E-state index is 0.0821. The van der Waals surface area contributed by atoms with Crippen molar-refractivity contribution in [2.24, 2.45) is 4.99 Å². The Morgan fingerprint density at radius 3 is 2.52 bits per heavy atom. The Morgan fingerprint density at radius 2 is 1.96 bits per heavy atom. The Balaban J connectivity index is 2.43. The Morgan fingerprint density at radius 1 is 1.30 bits per heavy atom. The van der Waals surface area contributed by atoms with Gasteiger partial charge in [0.05, 0.1) is 18.4 Å². The number of fused-ring (bicyclic) bond motifs is 1. The summed E-state index contributed by atoms with van der Waals surface area (Å²) in [5, 5.41) is 10.3. The Bertz CT molecular complexity index is 775. The van der Waals surface area contributed by atoms with Gasteiger partial charge in [-0.2, -0.15) is 0 Å². The predicted octanol–water partition coefficient (Wildman–Crippen LogP) is 1.99. The van der Waals surface area contributed by atoms with Gasteiger partial charge in [-0.3, -0.25) is 9.59 Å². The van der Waals surface area contributed by atoms with E-state index in [2.05, 4.69) is 38.9 Å².